The van der Waals surface area contributed by atoms with Gasteiger partial charge in [0, 0.05) is 19.0 Å². The van der Waals surface area contributed by atoms with E-state index >= 15 is 0 Å². The molecule has 33 heteroatoms. The molecular formula is C29H47N5O26P2. The van der Waals surface area contributed by atoms with E-state index in [4.69, 9.17) is 43.5 Å². The van der Waals surface area contributed by atoms with Crippen LogP contribution in [-0.4, -0.2) is 211 Å². The predicted molar refractivity (Wildman–Crippen MR) is 191 cm³/mol. The number of carbonyl (C=O) groups excluding carboxylic acids is 2. The third-order valence-electron chi connectivity index (χ3n) is 9.43. The van der Waals surface area contributed by atoms with Gasteiger partial charge in [0.25, 0.3) is 5.79 Å². The Morgan fingerprint density at radius 3 is 2.24 bits per heavy atom. The van der Waals surface area contributed by atoms with Crippen LogP contribution in [0.4, 0.5) is 5.82 Å². The summed E-state index contributed by atoms with van der Waals surface area (Å²) < 4.78 is 59.7. The molecule has 0 aliphatic carbocycles. The number of aliphatic hydroxyl groups is 9. The van der Waals surface area contributed by atoms with E-state index in [-0.39, 0.29) is 5.82 Å². The van der Waals surface area contributed by atoms with Crippen LogP contribution in [0.15, 0.2) is 17.1 Å². The molecular weight excluding hydrogens is 896 g/mol. The molecule has 2 amide bonds. The zero-order valence-electron chi connectivity index (χ0n) is 31.7. The van der Waals surface area contributed by atoms with Crippen LogP contribution in [0.2, 0.25) is 0 Å². The minimum Gasteiger partial charge on any atom is -0.477 e. The third-order valence-corrected chi connectivity index (χ3v) is 10.9. The molecule has 3 saturated heterocycles. The number of nitrogens with one attached hydrogen (secondary N) is 2. The lowest BCUT2D eigenvalue weighted by molar-refractivity contribution is -0.298. The number of carboxylic acid groups (broad SMARTS) is 1. The lowest BCUT2D eigenvalue weighted by atomic mass is 9.88. The smallest absolute Gasteiger partial charge is 0.475 e. The zero-order chi connectivity index (χ0) is 46.5. The van der Waals surface area contributed by atoms with Gasteiger partial charge in [-0.3, -0.25) is 23.2 Å². The number of carbonyl (C=O) groups is 3. The van der Waals surface area contributed by atoms with Crippen LogP contribution in [0.3, 0.4) is 0 Å². The molecule has 4 rings (SSSR count). The average molecular weight is 944 g/mol. The highest BCUT2D eigenvalue weighted by atomic mass is 31.2. The fraction of sp³-hybridized carbons (Fsp3) is 0.759. The molecule has 3 aliphatic rings. The number of nitrogens with zero attached hydrogens (tertiary/aromatic N) is 2. The number of ether oxygens (including phenoxy) is 4. The van der Waals surface area contributed by atoms with Gasteiger partial charge in [-0.15, -0.1) is 0 Å². The molecule has 17 N–H and O–H groups in total. The first kappa shape index (κ1) is 51.4. The van der Waals surface area contributed by atoms with Gasteiger partial charge in [-0.1, -0.05) is 0 Å². The van der Waals surface area contributed by atoms with Crippen molar-refractivity contribution in [1.29, 1.82) is 0 Å². The maximum Gasteiger partial charge on any atom is 0.475 e. The summed E-state index contributed by atoms with van der Waals surface area (Å²) in [6, 6.07) is -0.717. The highest BCUT2D eigenvalue weighted by molar-refractivity contribution is 7.47. The first-order chi connectivity index (χ1) is 28.8. The minimum absolute atomic E-state index is 0.149. The molecule has 0 spiro atoms. The molecule has 1 aromatic heterocycles. The second-order valence-corrected chi connectivity index (χ2v) is 16.5. The number of nitrogens with two attached hydrogens (primary N) is 1. The standard InChI is InChI=1S/C29H47N5O26P2/c30-14-1-3-34(28(48)32-14)25-22(44)19(41)12(57-25)2-4-55-62(52,53)60-29(27(46)47)5-10(36)17(24(59-29)18(40)11(37)7-35)33-15(38)6-31-16(39)9-54-26-23(45)21(43)20(42)13(58-26)8-56-61(49,50)51/h1,3,10-13,17-26,35-37,40-45H,2,4-9H2,(H,31,39)(H,33,38)(H,46,47)(H,52,53)(H2,30,32,48)(H2,49,50,51)/t10?,11-,12?,13?,17?,18-,19?,20-,21+,22?,23?,24?,25?,26+,29?/m1/s1. The molecule has 3 aliphatic heterocycles. The van der Waals surface area contributed by atoms with Crippen molar-refractivity contribution in [3.8, 4) is 0 Å². The van der Waals surface area contributed by atoms with Gasteiger partial charge in [0.1, 0.15) is 67.4 Å². The Labute approximate surface area is 346 Å². The predicted octanol–water partition coefficient (Wildman–Crippen LogP) is -8.85. The summed E-state index contributed by atoms with van der Waals surface area (Å²) in [4.78, 5) is 81.8. The number of aromatic nitrogens is 2. The maximum absolute atomic E-state index is 13.1. The van der Waals surface area contributed by atoms with E-state index in [0.717, 1.165) is 10.8 Å². The number of amides is 2. The number of hydrogen-bond acceptors (Lipinski definition) is 24. The second-order valence-electron chi connectivity index (χ2n) is 13.9. The van der Waals surface area contributed by atoms with Gasteiger partial charge in [0.2, 0.25) is 11.8 Å². The Hall–Kier alpha value is -3.21. The molecule has 31 nitrogen and oxygen atoms in total. The number of rotatable bonds is 20. The molecule has 4 heterocycles. The van der Waals surface area contributed by atoms with Crippen molar-refractivity contribution < 1.29 is 122 Å². The van der Waals surface area contributed by atoms with Crippen molar-refractivity contribution >= 4 is 39.2 Å². The fourth-order valence-electron chi connectivity index (χ4n) is 6.29. The average Bonchev–Trinajstić information content (AvgIpc) is 3.46. The lowest BCUT2D eigenvalue weighted by Crippen LogP contribution is -2.68. The molecule has 0 saturated carbocycles. The SMILES string of the molecule is Nc1ccn(C2OC(CCOP(=O)(O)OC3(C(=O)O)CC(O)C(NC(=O)CNC(=O)CO[C@H]4OC(COP(=O)(O)O)[C@@H](O)[C@H](O)C4O)C([C@H](O)[C@H](O)CO)O3)C(O)C2O)c(=O)n1. The van der Waals surface area contributed by atoms with Crippen LogP contribution in [0.5, 0.6) is 0 Å². The van der Waals surface area contributed by atoms with E-state index < -0.39 is 176 Å². The van der Waals surface area contributed by atoms with Crippen LogP contribution in [0.1, 0.15) is 19.1 Å². The van der Waals surface area contributed by atoms with Crippen LogP contribution in [0.25, 0.3) is 0 Å². The van der Waals surface area contributed by atoms with E-state index in [2.05, 4.69) is 14.8 Å². The van der Waals surface area contributed by atoms with Gasteiger partial charge < -0.3 is 101 Å². The number of aliphatic hydroxyl groups excluding tert-OH is 9. The minimum atomic E-state index is -5.61. The third kappa shape index (κ3) is 13.0. The topological polar surface area (TPSA) is 498 Å². The number of phosphoric acid groups is 2. The highest BCUT2D eigenvalue weighted by Crippen LogP contribution is 2.51. The summed E-state index contributed by atoms with van der Waals surface area (Å²) in [5, 5.41) is 107. The largest absolute Gasteiger partial charge is 0.477 e. The van der Waals surface area contributed by atoms with Crippen LogP contribution in [-0.2, 0) is 56.0 Å². The number of anilines is 1. The number of carboxylic acids is 1. The second kappa shape index (κ2) is 21.2. The monoisotopic (exact) mass is 943 g/mol. The Bertz CT molecular complexity index is 1880. The summed E-state index contributed by atoms with van der Waals surface area (Å²) in [5.41, 5.74) is 4.50. The van der Waals surface area contributed by atoms with Crippen molar-refractivity contribution in [3.63, 3.8) is 0 Å². The molecule has 16 atom stereocenters. The van der Waals surface area contributed by atoms with Crippen molar-refractivity contribution in [2.75, 3.05) is 38.7 Å². The number of hydrogen-bond donors (Lipinski definition) is 16. The lowest BCUT2D eigenvalue weighted by Gasteiger charge is -2.46. The number of nitrogen functional groups attached to an aromatic ring is 1. The number of aliphatic carboxylic acids is 1. The molecule has 0 aromatic carbocycles. The molecule has 3 fully saturated rings. The molecule has 354 valence electrons. The van der Waals surface area contributed by atoms with Gasteiger partial charge in [0.05, 0.1) is 44.6 Å². The van der Waals surface area contributed by atoms with Crippen LogP contribution in [0, 0.1) is 0 Å². The van der Waals surface area contributed by atoms with Crippen LogP contribution >= 0.6 is 15.6 Å². The van der Waals surface area contributed by atoms with Gasteiger partial charge in [-0.25, -0.2) is 23.2 Å². The number of phosphoric ester groups is 2. The first-order valence-electron chi connectivity index (χ1n) is 18.0. The van der Waals surface area contributed by atoms with Gasteiger partial charge in [-0.2, -0.15) is 4.98 Å². The zero-order valence-corrected chi connectivity index (χ0v) is 33.5. The van der Waals surface area contributed by atoms with Gasteiger partial charge in [0.15, 0.2) is 12.5 Å². The Morgan fingerprint density at radius 2 is 1.63 bits per heavy atom. The summed E-state index contributed by atoms with van der Waals surface area (Å²) in [6.45, 7) is -5.05. The summed E-state index contributed by atoms with van der Waals surface area (Å²) in [5.74, 6) is -8.07. The fourth-order valence-corrected chi connectivity index (χ4v) is 7.58. The summed E-state index contributed by atoms with van der Waals surface area (Å²) in [6.07, 6.45) is -25.4. The molecule has 1 aromatic rings. The van der Waals surface area contributed by atoms with Gasteiger partial charge >= 0.3 is 27.3 Å². The first-order valence-corrected chi connectivity index (χ1v) is 21.0. The van der Waals surface area contributed by atoms with Crippen molar-refractivity contribution in [1.82, 2.24) is 20.2 Å². The quantitative estimate of drug-likeness (QED) is 0.0540. The Morgan fingerprint density at radius 1 is 0.968 bits per heavy atom. The highest BCUT2D eigenvalue weighted by Gasteiger charge is 2.59. The molecule has 11 unspecified atom stereocenters. The molecule has 0 radical (unpaired) electrons. The Kier molecular flexibility index (Phi) is 17.6. The van der Waals surface area contributed by atoms with E-state index in [1.807, 2.05) is 5.32 Å². The van der Waals surface area contributed by atoms with Crippen molar-refractivity contribution in [3.05, 3.63) is 22.7 Å². The Balaban J connectivity index is 1.36. The van der Waals surface area contributed by atoms with Crippen LogP contribution < -0.4 is 22.1 Å². The van der Waals surface area contributed by atoms with E-state index in [1.54, 1.807) is 0 Å². The van der Waals surface area contributed by atoms with E-state index in [1.165, 1.54) is 6.07 Å². The normalized spacial score (nSPS) is 34.8. The summed E-state index contributed by atoms with van der Waals surface area (Å²) in [7, 11) is -10.7. The summed E-state index contributed by atoms with van der Waals surface area (Å²) >= 11 is 0. The van der Waals surface area contributed by atoms with Gasteiger partial charge in [-0.05, 0) is 6.07 Å². The molecule has 62 heavy (non-hydrogen) atoms. The maximum atomic E-state index is 13.1. The van der Waals surface area contributed by atoms with Crippen molar-refractivity contribution in [2.45, 2.75) is 104 Å². The van der Waals surface area contributed by atoms with E-state index in [9.17, 15) is 84.3 Å². The van der Waals surface area contributed by atoms with E-state index in [0.29, 0.717) is 0 Å². The van der Waals surface area contributed by atoms with Crippen molar-refractivity contribution in [2.24, 2.45) is 0 Å². The molecule has 0 bridgehead atoms.